The second kappa shape index (κ2) is 7.53. The highest BCUT2D eigenvalue weighted by molar-refractivity contribution is 5.87. The van der Waals surface area contributed by atoms with Crippen LogP contribution in [0.4, 0.5) is 5.69 Å². The Morgan fingerprint density at radius 3 is 2.82 bits per heavy atom. The fourth-order valence-corrected chi connectivity index (χ4v) is 2.35. The maximum atomic E-state index is 11.7. The number of carbonyl (C=O) groups excluding carboxylic acids is 1. The number of rotatable bonds is 5. The fraction of sp³-hybridized carbons (Fsp3) is 0.467. The first-order valence-corrected chi connectivity index (χ1v) is 7.26. The molecule has 1 aromatic rings. The lowest BCUT2D eigenvalue weighted by Crippen LogP contribution is -2.27. The summed E-state index contributed by atoms with van der Waals surface area (Å²) in [5.41, 5.74) is 3.49. The monoisotopic (exact) mass is 305 g/mol. The molecule has 1 unspecified atom stereocenters. The van der Waals surface area contributed by atoms with E-state index in [0.717, 1.165) is 25.0 Å². The zero-order chi connectivity index (χ0) is 15.9. The average Bonchev–Trinajstić information content (AvgIpc) is 2.51. The molecule has 0 spiro atoms. The molecule has 2 rings (SSSR count). The van der Waals surface area contributed by atoms with Crippen molar-refractivity contribution in [3.63, 3.8) is 0 Å². The van der Waals surface area contributed by atoms with E-state index < -0.39 is 4.92 Å². The molecule has 1 aliphatic carbocycles. The van der Waals surface area contributed by atoms with Gasteiger partial charge in [0.05, 0.1) is 4.92 Å². The number of benzene rings is 1. The van der Waals surface area contributed by atoms with Crippen LogP contribution >= 0.6 is 0 Å². The molecule has 0 aromatic heterocycles. The van der Waals surface area contributed by atoms with E-state index in [1.54, 1.807) is 0 Å². The third-order valence-corrected chi connectivity index (χ3v) is 3.50. The number of nitro groups is 1. The van der Waals surface area contributed by atoms with E-state index in [0.29, 0.717) is 11.7 Å². The summed E-state index contributed by atoms with van der Waals surface area (Å²) < 4.78 is 5.26. The Morgan fingerprint density at radius 1 is 1.45 bits per heavy atom. The van der Waals surface area contributed by atoms with Crippen LogP contribution in [0.25, 0.3) is 0 Å². The summed E-state index contributed by atoms with van der Waals surface area (Å²) in [6.45, 7) is 2.00. The van der Waals surface area contributed by atoms with E-state index in [-0.39, 0.29) is 18.2 Å². The molecule has 1 aromatic carbocycles. The van der Waals surface area contributed by atoms with Gasteiger partial charge in [0.2, 0.25) is 0 Å². The number of nitrogens with zero attached hydrogens (tertiary/aromatic N) is 2. The van der Waals surface area contributed by atoms with Crippen molar-refractivity contribution in [2.45, 2.75) is 32.6 Å². The van der Waals surface area contributed by atoms with Crippen molar-refractivity contribution in [1.29, 1.82) is 0 Å². The molecule has 1 aliphatic rings. The highest BCUT2D eigenvalue weighted by Gasteiger charge is 2.14. The highest BCUT2D eigenvalue weighted by atomic mass is 16.6. The fourth-order valence-electron chi connectivity index (χ4n) is 2.35. The average molecular weight is 305 g/mol. The van der Waals surface area contributed by atoms with Crippen LogP contribution in [0.5, 0.6) is 5.75 Å². The molecular weight excluding hydrogens is 286 g/mol. The Balaban J connectivity index is 1.77. The number of ether oxygens (including phenoxy) is 1. The van der Waals surface area contributed by atoms with E-state index >= 15 is 0 Å². The molecule has 0 saturated heterocycles. The lowest BCUT2D eigenvalue weighted by atomic mass is 9.89. The molecule has 1 amide bonds. The Morgan fingerprint density at radius 2 is 2.18 bits per heavy atom. The van der Waals surface area contributed by atoms with E-state index in [1.165, 1.54) is 30.7 Å². The minimum Gasteiger partial charge on any atom is -0.484 e. The third-order valence-electron chi connectivity index (χ3n) is 3.50. The van der Waals surface area contributed by atoms with Gasteiger partial charge >= 0.3 is 0 Å². The van der Waals surface area contributed by atoms with Gasteiger partial charge in [-0.15, -0.1) is 0 Å². The smallest absolute Gasteiger partial charge is 0.277 e. The van der Waals surface area contributed by atoms with Crippen molar-refractivity contribution in [3.05, 3.63) is 34.4 Å². The topological polar surface area (TPSA) is 93.8 Å². The maximum Gasteiger partial charge on any atom is 0.277 e. The summed E-state index contributed by atoms with van der Waals surface area (Å²) in [5.74, 6) is 0.671. The summed E-state index contributed by atoms with van der Waals surface area (Å²) in [7, 11) is 0. The van der Waals surface area contributed by atoms with Crippen molar-refractivity contribution in [1.82, 2.24) is 5.43 Å². The van der Waals surface area contributed by atoms with E-state index in [1.807, 2.05) is 0 Å². The summed E-state index contributed by atoms with van der Waals surface area (Å²) in [5, 5.41) is 14.7. The van der Waals surface area contributed by atoms with Crippen LogP contribution in [0, 0.1) is 16.0 Å². The van der Waals surface area contributed by atoms with E-state index in [9.17, 15) is 14.9 Å². The Kier molecular flexibility index (Phi) is 5.46. The Hall–Kier alpha value is -2.44. The first-order chi connectivity index (χ1) is 10.5. The molecular formula is C15H19N3O4. The molecule has 0 radical (unpaired) electrons. The molecule has 1 fully saturated rings. The molecule has 1 saturated carbocycles. The Bertz CT molecular complexity index is 569. The number of amides is 1. The van der Waals surface area contributed by atoms with E-state index in [4.69, 9.17) is 4.74 Å². The van der Waals surface area contributed by atoms with Crippen LogP contribution in [0.15, 0.2) is 29.4 Å². The van der Waals surface area contributed by atoms with Gasteiger partial charge in [0, 0.05) is 17.8 Å². The number of hydrogen-bond donors (Lipinski definition) is 1. The first kappa shape index (κ1) is 15.9. The van der Waals surface area contributed by atoms with Gasteiger partial charge in [0.25, 0.3) is 11.6 Å². The van der Waals surface area contributed by atoms with Gasteiger partial charge < -0.3 is 4.74 Å². The lowest BCUT2D eigenvalue weighted by Gasteiger charge is -2.18. The summed E-state index contributed by atoms with van der Waals surface area (Å²) in [6.07, 6.45) is 4.16. The summed E-state index contributed by atoms with van der Waals surface area (Å²) >= 11 is 0. The van der Waals surface area contributed by atoms with Crippen molar-refractivity contribution in [3.8, 4) is 5.75 Å². The number of carbonyl (C=O) groups is 1. The van der Waals surface area contributed by atoms with E-state index in [2.05, 4.69) is 17.5 Å². The molecule has 0 bridgehead atoms. The largest absolute Gasteiger partial charge is 0.484 e. The van der Waals surface area contributed by atoms with Crippen LogP contribution in [0.2, 0.25) is 0 Å². The number of hydrogen-bond acceptors (Lipinski definition) is 5. The minimum atomic E-state index is -0.488. The van der Waals surface area contributed by atoms with Gasteiger partial charge in [-0.3, -0.25) is 14.9 Å². The van der Waals surface area contributed by atoms with Gasteiger partial charge in [-0.25, -0.2) is 5.43 Å². The van der Waals surface area contributed by atoms with Crippen LogP contribution in [0.3, 0.4) is 0 Å². The number of hydrazone groups is 1. The molecule has 7 nitrogen and oxygen atoms in total. The van der Waals surface area contributed by atoms with Crippen molar-refractivity contribution in [2.24, 2.45) is 11.0 Å². The molecule has 7 heteroatoms. The first-order valence-electron chi connectivity index (χ1n) is 7.26. The van der Waals surface area contributed by atoms with Crippen LogP contribution in [-0.4, -0.2) is 23.1 Å². The van der Waals surface area contributed by atoms with Gasteiger partial charge in [-0.2, -0.15) is 5.10 Å². The molecule has 0 heterocycles. The number of non-ortho nitro benzene ring substituents is 1. The molecule has 0 aliphatic heterocycles. The summed E-state index contributed by atoms with van der Waals surface area (Å²) in [6, 6.07) is 5.58. The molecule has 22 heavy (non-hydrogen) atoms. The normalized spacial score (nSPS) is 19.7. The van der Waals surface area contributed by atoms with Gasteiger partial charge in [0.1, 0.15) is 5.75 Å². The van der Waals surface area contributed by atoms with Crippen molar-refractivity contribution < 1.29 is 14.5 Å². The summed E-state index contributed by atoms with van der Waals surface area (Å²) in [4.78, 5) is 21.7. The Labute approximate surface area is 128 Å². The number of nitrogens with one attached hydrogen (secondary N) is 1. The molecule has 1 N–H and O–H groups in total. The SMILES string of the molecule is CC1CCC/C(=N\NC(=O)COc2ccc([N+](=O)[O-])cc2)C1. The van der Waals surface area contributed by atoms with Crippen LogP contribution in [-0.2, 0) is 4.79 Å². The van der Waals surface area contributed by atoms with Crippen molar-refractivity contribution in [2.75, 3.05) is 6.61 Å². The molecule has 118 valence electrons. The highest BCUT2D eigenvalue weighted by Crippen LogP contribution is 2.21. The van der Waals surface area contributed by atoms with Crippen LogP contribution in [0.1, 0.15) is 32.6 Å². The van der Waals surface area contributed by atoms with Crippen LogP contribution < -0.4 is 10.2 Å². The third kappa shape index (κ3) is 4.83. The predicted molar refractivity (Wildman–Crippen MR) is 81.8 cm³/mol. The van der Waals surface area contributed by atoms with Gasteiger partial charge in [-0.05, 0) is 43.7 Å². The molecule has 1 atom stereocenters. The predicted octanol–water partition coefficient (Wildman–Crippen LogP) is 2.66. The van der Waals surface area contributed by atoms with Gasteiger partial charge in [0.15, 0.2) is 6.61 Å². The standard InChI is InChI=1S/C15H19N3O4/c1-11-3-2-4-12(9-11)16-17-15(19)10-22-14-7-5-13(6-8-14)18(20)21/h5-8,11H,2-4,9-10H2,1H3,(H,17,19)/b16-12+. The maximum absolute atomic E-state index is 11.7. The zero-order valence-corrected chi connectivity index (χ0v) is 12.4. The zero-order valence-electron chi connectivity index (χ0n) is 12.4. The minimum absolute atomic E-state index is 0.0189. The second-order valence-electron chi connectivity index (χ2n) is 5.45. The quantitative estimate of drug-likeness (QED) is 0.668. The lowest BCUT2D eigenvalue weighted by molar-refractivity contribution is -0.384. The second-order valence-corrected chi connectivity index (χ2v) is 5.45. The van der Waals surface area contributed by atoms with Crippen molar-refractivity contribution >= 4 is 17.3 Å². The number of nitro benzene ring substituents is 1. The van der Waals surface area contributed by atoms with Gasteiger partial charge in [-0.1, -0.05) is 6.92 Å².